The van der Waals surface area contributed by atoms with Crippen LogP contribution in [-0.4, -0.2) is 40.5 Å². The first-order valence-corrected chi connectivity index (χ1v) is 5.05. The molecule has 1 fully saturated rings. The van der Waals surface area contributed by atoms with Crippen molar-refractivity contribution in [1.82, 2.24) is 10.2 Å². The lowest BCUT2D eigenvalue weighted by Crippen LogP contribution is -2.48. The van der Waals surface area contributed by atoms with E-state index in [0.29, 0.717) is 0 Å². The lowest BCUT2D eigenvalue weighted by molar-refractivity contribution is -0.140. The molecule has 0 aromatic rings. The highest BCUT2D eigenvalue weighted by Gasteiger charge is 2.41. The Hall–Kier alpha value is -1.59. The minimum absolute atomic E-state index is 0.0506. The van der Waals surface area contributed by atoms with Gasteiger partial charge in [-0.25, -0.2) is 4.79 Å². The zero-order valence-corrected chi connectivity index (χ0v) is 9.61. The molecule has 2 N–H and O–H groups in total. The molecule has 1 rings (SSSR count). The topological polar surface area (TPSA) is 86.7 Å². The molecule has 16 heavy (non-hydrogen) atoms. The number of carboxylic acid groups (broad SMARTS) is 1. The predicted molar refractivity (Wildman–Crippen MR) is 55.7 cm³/mol. The van der Waals surface area contributed by atoms with E-state index in [4.69, 9.17) is 5.11 Å². The molecule has 0 spiro atoms. The Kier molecular flexibility index (Phi) is 3.21. The maximum atomic E-state index is 11.5. The van der Waals surface area contributed by atoms with E-state index in [1.807, 2.05) is 0 Å². The zero-order chi connectivity index (χ0) is 12.5. The van der Waals surface area contributed by atoms with Gasteiger partial charge in [0.05, 0.1) is 19.0 Å². The summed E-state index contributed by atoms with van der Waals surface area (Å²) in [6.45, 7) is 5.36. The quantitative estimate of drug-likeness (QED) is 0.686. The minimum Gasteiger partial charge on any atom is -0.481 e. The third kappa shape index (κ3) is 2.50. The number of hydrogen-bond acceptors (Lipinski definition) is 3. The van der Waals surface area contributed by atoms with Crippen molar-refractivity contribution in [3.05, 3.63) is 0 Å². The van der Waals surface area contributed by atoms with Gasteiger partial charge in [0.1, 0.15) is 0 Å². The number of carbonyl (C=O) groups excluding carboxylic acids is 2. The third-order valence-electron chi connectivity index (χ3n) is 2.56. The van der Waals surface area contributed by atoms with Crippen molar-refractivity contribution in [3.8, 4) is 0 Å². The average Bonchev–Trinajstić information content (AvgIpc) is 2.41. The molecule has 6 nitrogen and oxygen atoms in total. The number of imide groups is 1. The van der Waals surface area contributed by atoms with Crippen molar-refractivity contribution >= 4 is 17.9 Å². The van der Waals surface area contributed by atoms with E-state index in [1.165, 1.54) is 0 Å². The summed E-state index contributed by atoms with van der Waals surface area (Å²) in [5.74, 6) is -1.39. The Morgan fingerprint density at radius 3 is 2.38 bits per heavy atom. The average molecular weight is 228 g/mol. The summed E-state index contributed by atoms with van der Waals surface area (Å²) in [6.07, 6.45) is -0.233. The maximum absolute atomic E-state index is 11.5. The molecule has 1 atom stereocenters. The van der Waals surface area contributed by atoms with Crippen LogP contribution in [0.3, 0.4) is 0 Å². The molecule has 0 saturated carbocycles. The van der Waals surface area contributed by atoms with Crippen LogP contribution in [0.15, 0.2) is 0 Å². The second-order valence-electron chi connectivity index (χ2n) is 4.90. The van der Waals surface area contributed by atoms with Gasteiger partial charge in [-0.05, 0) is 5.41 Å². The van der Waals surface area contributed by atoms with Gasteiger partial charge < -0.3 is 10.4 Å². The van der Waals surface area contributed by atoms with E-state index in [9.17, 15) is 14.4 Å². The van der Waals surface area contributed by atoms with E-state index in [0.717, 1.165) is 4.90 Å². The zero-order valence-electron chi connectivity index (χ0n) is 9.61. The fourth-order valence-electron chi connectivity index (χ4n) is 1.70. The third-order valence-corrected chi connectivity index (χ3v) is 2.56. The number of nitrogens with zero attached hydrogens (tertiary/aromatic N) is 1. The molecule has 1 heterocycles. The summed E-state index contributed by atoms with van der Waals surface area (Å²) in [7, 11) is 0. The van der Waals surface area contributed by atoms with E-state index in [1.54, 1.807) is 20.8 Å². The Balaban J connectivity index is 2.96. The Morgan fingerprint density at radius 1 is 1.50 bits per heavy atom. The molecule has 0 aliphatic carbocycles. The van der Waals surface area contributed by atoms with Gasteiger partial charge in [-0.2, -0.15) is 0 Å². The lowest BCUT2D eigenvalue weighted by Gasteiger charge is -2.34. The molecule has 1 aliphatic rings. The highest BCUT2D eigenvalue weighted by atomic mass is 16.4. The molecule has 1 saturated heterocycles. The van der Waals surface area contributed by atoms with Crippen LogP contribution < -0.4 is 5.32 Å². The van der Waals surface area contributed by atoms with E-state index in [2.05, 4.69) is 5.32 Å². The summed E-state index contributed by atoms with van der Waals surface area (Å²) in [6, 6.07) is -1.13. The molecule has 0 radical (unpaired) electrons. The summed E-state index contributed by atoms with van der Waals surface area (Å²) in [5.41, 5.74) is -0.463. The van der Waals surface area contributed by atoms with Crippen LogP contribution in [-0.2, 0) is 9.59 Å². The summed E-state index contributed by atoms with van der Waals surface area (Å²) >= 11 is 0. The first-order valence-electron chi connectivity index (χ1n) is 5.05. The van der Waals surface area contributed by atoms with Crippen molar-refractivity contribution in [1.29, 1.82) is 0 Å². The molecule has 1 aliphatic heterocycles. The molecular formula is C10H16N2O4. The van der Waals surface area contributed by atoms with Crippen molar-refractivity contribution in [3.63, 3.8) is 0 Å². The van der Waals surface area contributed by atoms with Crippen LogP contribution in [0.4, 0.5) is 4.79 Å². The molecule has 6 heteroatoms. The number of carboxylic acids is 1. The van der Waals surface area contributed by atoms with Crippen LogP contribution in [0.5, 0.6) is 0 Å². The van der Waals surface area contributed by atoms with Gasteiger partial charge in [0.15, 0.2) is 0 Å². The number of carbonyl (C=O) groups is 3. The normalized spacial score (nSPS) is 18.6. The minimum atomic E-state index is -1.02. The number of amides is 3. The van der Waals surface area contributed by atoms with Crippen LogP contribution >= 0.6 is 0 Å². The Bertz CT molecular complexity index is 316. The fourth-order valence-corrected chi connectivity index (χ4v) is 1.70. The molecule has 0 bridgehead atoms. The van der Waals surface area contributed by atoms with Gasteiger partial charge in [-0.1, -0.05) is 20.8 Å². The standard InChI is InChI=1S/C10H16N2O4/c1-10(2,3)6(4-8(14)15)12-7(13)5-11-9(12)16/h6H,4-5H2,1-3H3,(H,11,16)(H,14,15). The second kappa shape index (κ2) is 4.11. The summed E-state index contributed by atoms with van der Waals surface area (Å²) < 4.78 is 0. The van der Waals surface area contributed by atoms with Crippen LogP contribution in [0.2, 0.25) is 0 Å². The van der Waals surface area contributed by atoms with Gasteiger partial charge in [0, 0.05) is 0 Å². The summed E-state index contributed by atoms with van der Waals surface area (Å²) in [4.78, 5) is 34.7. The van der Waals surface area contributed by atoms with Crippen molar-refractivity contribution < 1.29 is 19.5 Å². The number of nitrogens with one attached hydrogen (secondary N) is 1. The summed E-state index contributed by atoms with van der Waals surface area (Å²) in [5, 5.41) is 11.2. The van der Waals surface area contributed by atoms with Gasteiger partial charge >= 0.3 is 12.0 Å². The van der Waals surface area contributed by atoms with Crippen molar-refractivity contribution in [2.45, 2.75) is 33.2 Å². The maximum Gasteiger partial charge on any atom is 0.324 e. The number of urea groups is 1. The number of aliphatic carboxylic acids is 1. The SMILES string of the molecule is CC(C)(C)C(CC(=O)O)N1C(=O)CNC1=O. The largest absolute Gasteiger partial charge is 0.481 e. The Labute approximate surface area is 93.6 Å². The van der Waals surface area contributed by atoms with E-state index < -0.39 is 23.5 Å². The smallest absolute Gasteiger partial charge is 0.324 e. The van der Waals surface area contributed by atoms with Crippen LogP contribution in [0.25, 0.3) is 0 Å². The van der Waals surface area contributed by atoms with Crippen molar-refractivity contribution in [2.24, 2.45) is 5.41 Å². The first kappa shape index (κ1) is 12.5. The molecule has 0 aromatic carbocycles. The predicted octanol–water partition coefficient (Wildman–Crippen LogP) is 0.428. The molecule has 1 unspecified atom stereocenters. The number of rotatable bonds is 3. The monoisotopic (exact) mass is 228 g/mol. The number of hydrogen-bond donors (Lipinski definition) is 2. The van der Waals surface area contributed by atoms with Gasteiger partial charge in [-0.15, -0.1) is 0 Å². The fraction of sp³-hybridized carbons (Fsp3) is 0.700. The molecule has 90 valence electrons. The molecular weight excluding hydrogens is 212 g/mol. The van der Waals surface area contributed by atoms with Gasteiger partial charge in [0.25, 0.3) is 0 Å². The van der Waals surface area contributed by atoms with E-state index >= 15 is 0 Å². The van der Waals surface area contributed by atoms with Crippen LogP contribution in [0.1, 0.15) is 27.2 Å². The lowest BCUT2D eigenvalue weighted by atomic mass is 9.83. The van der Waals surface area contributed by atoms with Crippen LogP contribution in [0, 0.1) is 5.41 Å². The Morgan fingerprint density at radius 2 is 2.06 bits per heavy atom. The molecule has 0 aromatic heterocycles. The highest BCUT2D eigenvalue weighted by Crippen LogP contribution is 2.28. The second-order valence-corrected chi connectivity index (χ2v) is 4.90. The van der Waals surface area contributed by atoms with Crippen molar-refractivity contribution in [2.75, 3.05) is 6.54 Å². The molecule has 3 amide bonds. The van der Waals surface area contributed by atoms with Gasteiger partial charge in [0.2, 0.25) is 5.91 Å². The van der Waals surface area contributed by atoms with E-state index in [-0.39, 0.29) is 18.9 Å². The highest BCUT2D eigenvalue weighted by molar-refractivity contribution is 6.02. The van der Waals surface area contributed by atoms with Gasteiger partial charge in [-0.3, -0.25) is 14.5 Å². The first-order chi connectivity index (χ1) is 7.23.